The van der Waals surface area contributed by atoms with Gasteiger partial charge in [-0.25, -0.2) is 9.59 Å². The highest BCUT2D eigenvalue weighted by atomic mass is 16.6. The number of fused-ring (bicyclic) bond motifs is 5. The Bertz CT molecular complexity index is 681. The number of ether oxygens (including phenoxy) is 3. The minimum Gasteiger partial charge on any atom is -0.459 e. The first-order valence-electron chi connectivity index (χ1n) is 8.87. The van der Waals surface area contributed by atoms with E-state index in [0.717, 1.165) is 0 Å². The number of hydrogen-bond donors (Lipinski definition) is 1. The first kappa shape index (κ1) is 16.8. The summed E-state index contributed by atoms with van der Waals surface area (Å²) in [6.07, 6.45) is 1.11. The van der Waals surface area contributed by atoms with Crippen LogP contribution in [0.15, 0.2) is 23.8 Å². The quantitative estimate of drug-likeness (QED) is 0.463. The highest BCUT2D eigenvalue weighted by molar-refractivity contribution is 5.91. The van der Waals surface area contributed by atoms with Crippen molar-refractivity contribution < 1.29 is 28.9 Å². The Morgan fingerprint density at radius 3 is 2.84 bits per heavy atom. The van der Waals surface area contributed by atoms with E-state index in [0.29, 0.717) is 24.0 Å². The molecule has 2 saturated heterocycles. The largest absolute Gasteiger partial charge is 0.459 e. The van der Waals surface area contributed by atoms with Gasteiger partial charge in [-0.1, -0.05) is 12.7 Å². The topological polar surface area (TPSA) is 85.4 Å². The smallest absolute Gasteiger partial charge is 0.334 e. The molecule has 8 unspecified atom stereocenters. The minimum absolute atomic E-state index is 0.0454. The van der Waals surface area contributed by atoms with Gasteiger partial charge in [0.1, 0.15) is 12.2 Å². The van der Waals surface area contributed by atoms with E-state index in [1.54, 1.807) is 19.9 Å². The van der Waals surface area contributed by atoms with Crippen LogP contribution in [0.25, 0.3) is 0 Å². The number of esters is 2. The van der Waals surface area contributed by atoms with Crippen LogP contribution in [0.3, 0.4) is 0 Å². The maximum Gasteiger partial charge on any atom is 0.334 e. The molecule has 1 N–H and O–H groups in total. The van der Waals surface area contributed by atoms with E-state index in [4.69, 9.17) is 14.2 Å². The van der Waals surface area contributed by atoms with Crippen molar-refractivity contribution in [2.75, 3.05) is 0 Å². The lowest BCUT2D eigenvalue weighted by atomic mass is 9.59. The van der Waals surface area contributed by atoms with Crippen LogP contribution in [0.4, 0.5) is 0 Å². The van der Waals surface area contributed by atoms with E-state index in [9.17, 15) is 14.7 Å². The first-order valence-corrected chi connectivity index (χ1v) is 8.87. The lowest BCUT2D eigenvalue weighted by Gasteiger charge is -2.48. The summed E-state index contributed by atoms with van der Waals surface area (Å²) in [5.41, 5.74) is 0.510. The standard InChI is InChI=1S/C19H24O6/c1-5-8(2)17(21)23-12-7-13-19(4,25-13)15-14(12)11(20)6-10-9(3)18(22)24-16(10)15/h5,10-16,20H,3,6-7H2,1-2,4H3. The second-order valence-electron chi connectivity index (χ2n) is 7.85. The van der Waals surface area contributed by atoms with Crippen molar-refractivity contribution in [1.29, 1.82) is 0 Å². The second kappa shape index (κ2) is 5.42. The summed E-state index contributed by atoms with van der Waals surface area (Å²) < 4.78 is 17.2. The van der Waals surface area contributed by atoms with Crippen molar-refractivity contribution in [1.82, 2.24) is 0 Å². The Labute approximate surface area is 146 Å². The zero-order valence-electron chi connectivity index (χ0n) is 14.7. The molecule has 136 valence electrons. The van der Waals surface area contributed by atoms with Gasteiger partial charge in [-0.05, 0) is 27.2 Å². The molecule has 4 fully saturated rings. The van der Waals surface area contributed by atoms with Gasteiger partial charge in [0.05, 0.1) is 17.8 Å². The van der Waals surface area contributed by atoms with Gasteiger partial charge >= 0.3 is 11.9 Å². The van der Waals surface area contributed by atoms with Gasteiger partial charge < -0.3 is 19.3 Å². The average molecular weight is 348 g/mol. The van der Waals surface area contributed by atoms with Crippen LogP contribution in [0.1, 0.15) is 33.6 Å². The Kier molecular flexibility index (Phi) is 3.64. The number of rotatable bonds is 2. The fourth-order valence-electron chi connectivity index (χ4n) is 4.98. The van der Waals surface area contributed by atoms with Gasteiger partial charge in [0.2, 0.25) is 0 Å². The Hall–Kier alpha value is -1.66. The molecule has 0 amide bonds. The van der Waals surface area contributed by atoms with Gasteiger partial charge in [0.15, 0.2) is 0 Å². The van der Waals surface area contributed by atoms with Crippen molar-refractivity contribution in [3.05, 3.63) is 23.8 Å². The van der Waals surface area contributed by atoms with Crippen molar-refractivity contribution >= 4 is 11.9 Å². The predicted octanol–water partition coefficient (Wildman–Crippen LogP) is 1.52. The molecule has 0 aromatic carbocycles. The third kappa shape index (κ3) is 2.30. The molecular formula is C19H24O6. The lowest BCUT2D eigenvalue weighted by molar-refractivity contribution is -0.174. The number of hydrogen-bond acceptors (Lipinski definition) is 6. The normalized spacial score (nSPS) is 48.2. The van der Waals surface area contributed by atoms with Crippen LogP contribution in [0, 0.1) is 17.8 Å². The van der Waals surface area contributed by atoms with Crippen molar-refractivity contribution in [2.45, 2.75) is 63.6 Å². The molecule has 0 spiro atoms. The molecule has 25 heavy (non-hydrogen) atoms. The van der Waals surface area contributed by atoms with Crippen molar-refractivity contribution in [3.63, 3.8) is 0 Å². The van der Waals surface area contributed by atoms with Crippen LogP contribution < -0.4 is 0 Å². The number of allylic oxidation sites excluding steroid dienone is 1. The minimum atomic E-state index is -0.691. The maximum atomic E-state index is 12.2. The molecule has 0 aromatic heterocycles. The first-order chi connectivity index (χ1) is 11.8. The summed E-state index contributed by atoms with van der Waals surface area (Å²) in [4.78, 5) is 24.2. The summed E-state index contributed by atoms with van der Waals surface area (Å²) in [6.45, 7) is 9.32. The van der Waals surface area contributed by atoms with Crippen LogP contribution in [-0.2, 0) is 23.8 Å². The van der Waals surface area contributed by atoms with Gasteiger partial charge in [0.25, 0.3) is 0 Å². The summed E-state index contributed by atoms with van der Waals surface area (Å²) in [6, 6.07) is 0. The van der Waals surface area contributed by atoms with Crippen molar-refractivity contribution in [2.24, 2.45) is 17.8 Å². The highest BCUT2D eigenvalue weighted by Gasteiger charge is 2.72. The number of carbonyl (C=O) groups is 2. The summed E-state index contributed by atoms with van der Waals surface area (Å²) >= 11 is 0. The average Bonchev–Trinajstić information content (AvgIpc) is 3.17. The van der Waals surface area contributed by atoms with Crippen LogP contribution >= 0.6 is 0 Å². The molecule has 4 rings (SSSR count). The van der Waals surface area contributed by atoms with E-state index in [-0.39, 0.29) is 35.9 Å². The van der Waals surface area contributed by atoms with Crippen LogP contribution in [0.5, 0.6) is 0 Å². The molecule has 8 atom stereocenters. The molecule has 6 nitrogen and oxygen atoms in total. The number of carbonyl (C=O) groups excluding carboxylic acids is 2. The van der Waals surface area contributed by atoms with Gasteiger partial charge in [-0.15, -0.1) is 0 Å². The fraction of sp³-hybridized carbons (Fsp3) is 0.684. The summed E-state index contributed by atoms with van der Waals surface area (Å²) in [5, 5.41) is 10.8. The number of aliphatic hydroxyl groups is 1. The third-order valence-corrected chi connectivity index (χ3v) is 6.59. The molecule has 6 heteroatoms. The Morgan fingerprint density at radius 1 is 1.44 bits per heavy atom. The predicted molar refractivity (Wildman–Crippen MR) is 87.3 cm³/mol. The molecule has 2 heterocycles. The maximum absolute atomic E-state index is 12.2. The summed E-state index contributed by atoms with van der Waals surface area (Å²) in [5.74, 6) is -1.48. The van der Waals surface area contributed by atoms with E-state index in [1.165, 1.54) is 0 Å². The fourth-order valence-corrected chi connectivity index (χ4v) is 4.98. The zero-order chi connectivity index (χ0) is 18.1. The van der Waals surface area contributed by atoms with Gasteiger partial charge in [-0.3, -0.25) is 0 Å². The van der Waals surface area contributed by atoms with Gasteiger partial charge in [-0.2, -0.15) is 0 Å². The van der Waals surface area contributed by atoms with Gasteiger partial charge in [0, 0.05) is 35.3 Å². The molecule has 4 aliphatic rings. The molecule has 0 radical (unpaired) electrons. The zero-order valence-corrected chi connectivity index (χ0v) is 14.7. The SMILES string of the molecule is C=C1C(=O)OC2C1CC(O)C1C(OC(=O)C(C)=CC)CC3OC3(C)C21. The Balaban J connectivity index is 1.65. The molecular weight excluding hydrogens is 324 g/mol. The lowest BCUT2D eigenvalue weighted by Crippen LogP contribution is -2.58. The molecule has 0 aromatic rings. The van der Waals surface area contributed by atoms with Crippen molar-refractivity contribution in [3.8, 4) is 0 Å². The molecule has 2 aliphatic heterocycles. The summed E-state index contributed by atoms with van der Waals surface area (Å²) in [7, 11) is 0. The van der Waals surface area contributed by atoms with E-state index >= 15 is 0 Å². The monoisotopic (exact) mass is 348 g/mol. The second-order valence-corrected chi connectivity index (χ2v) is 7.85. The van der Waals surface area contributed by atoms with E-state index in [1.807, 2.05) is 6.92 Å². The number of epoxide rings is 1. The Morgan fingerprint density at radius 2 is 2.16 bits per heavy atom. The molecule has 2 saturated carbocycles. The van der Waals surface area contributed by atoms with E-state index in [2.05, 4.69) is 6.58 Å². The number of aliphatic hydroxyl groups excluding tert-OH is 1. The highest BCUT2D eigenvalue weighted by Crippen LogP contribution is 2.61. The van der Waals surface area contributed by atoms with E-state index < -0.39 is 23.8 Å². The molecule has 2 aliphatic carbocycles. The molecule has 0 bridgehead atoms. The van der Waals surface area contributed by atoms with Crippen LogP contribution in [-0.4, -0.2) is 47.1 Å². The van der Waals surface area contributed by atoms with Crippen LogP contribution in [0.2, 0.25) is 0 Å². The third-order valence-electron chi connectivity index (χ3n) is 6.59.